The number of aromatic nitrogens is 1. The number of aliphatic hydroxyl groups is 1. The molecule has 0 unspecified atom stereocenters. The molecule has 1 fully saturated rings. The largest absolute Gasteiger partial charge is 0.503 e. The Kier molecular flexibility index (Phi) is 10.3. The normalized spacial score (nSPS) is 14.0. The summed E-state index contributed by atoms with van der Waals surface area (Å²) in [5, 5.41) is 36.7. The Morgan fingerprint density at radius 2 is 2.03 bits per heavy atom. The molecule has 12 heteroatoms. The zero-order valence-electron chi connectivity index (χ0n) is 19.5. The second kappa shape index (κ2) is 12.7. The maximum Gasteiger partial charge on any atom is 0.233 e. The number of likely N-dealkylation sites (N-methyl/N-ethyl adjacent to an activating group) is 1. The van der Waals surface area contributed by atoms with E-state index in [9.17, 15) is 23.5 Å². The number of aromatic hydroxyl groups is 1. The van der Waals surface area contributed by atoms with Gasteiger partial charge in [0.15, 0.2) is 12.0 Å². The van der Waals surface area contributed by atoms with Crippen molar-refractivity contribution in [1.82, 2.24) is 15.2 Å². The first-order valence-electron chi connectivity index (χ1n) is 10.8. The number of benzene rings is 1. The molecule has 1 aliphatic rings. The van der Waals surface area contributed by atoms with E-state index in [4.69, 9.17) is 15.9 Å². The maximum atomic E-state index is 13.6. The zero-order chi connectivity index (χ0) is 26.2. The lowest BCUT2D eigenvalue weighted by molar-refractivity contribution is 0.00264. The number of rotatable bonds is 8. The Hall–Kier alpha value is -2.93. The van der Waals surface area contributed by atoms with Crippen LogP contribution < -0.4 is 10.7 Å². The van der Waals surface area contributed by atoms with Gasteiger partial charge in [-0.1, -0.05) is 17.8 Å². The van der Waals surface area contributed by atoms with Gasteiger partial charge in [-0.2, -0.15) is 0 Å². The first-order valence-corrected chi connectivity index (χ1v) is 11.6. The fourth-order valence-corrected chi connectivity index (χ4v) is 4.28. The summed E-state index contributed by atoms with van der Waals surface area (Å²) in [7, 11) is 4.05. The lowest BCUT2D eigenvalue weighted by Crippen LogP contribution is -2.61. The van der Waals surface area contributed by atoms with Crippen LogP contribution in [0, 0.1) is 22.5 Å². The average Bonchev–Trinajstić information content (AvgIpc) is 2.77. The molecule has 35 heavy (non-hydrogen) atoms. The number of hydrogen-bond acceptors (Lipinski definition) is 9. The molecule has 2 aromatic rings. The summed E-state index contributed by atoms with van der Waals surface area (Å²) < 4.78 is 26.4. The smallest absolute Gasteiger partial charge is 0.233 e. The average molecular weight is 510 g/mol. The number of nitrogens with zero attached hydrogens (tertiary/aromatic N) is 1. The molecule has 1 aromatic carbocycles. The third kappa shape index (κ3) is 7.04. The fourth-order valence-electron chi connectivity index (χ4n) is 3.54. The van der Waals surface area contributed by atoms with Gasteiger partial charge in [0.1, 0.15) is 22.4 Å². The van der Waals surface area contributed by atoms with Crippen molar-refractivity contribution in [3.05, 3.63) is 63.1 Å². The van der Waals surface area contributed by atoms with E-state index in [-0.39, 0.29) is 51.9 Å². The Labute approximate surface area is 205 Å². The number of hydrogen-bond donors (Lipinski definition) is 6. The van der Waals surface area contributed by atoms with Gasteiger partial charge in [0.2, 0.25) is 5.43 Å². The van der Waals surface area contributed by atoms with Crippen molar-refractivity contribution in [1.29, 1.82) is 10.8 Å². The molecule has 1 saturated carbocycles. The van der Waals surface area contributed by atoms with Crippen molar-refractivity contribution in [3.63, 3.8) is 0 Å². The minimum absolute atomic E-state index is 0.0785. The number of pyridine rings is 1. The van der Waals surface area contributed by atoms with Gasteiger partial charge in [-0.3, -0.25) is 25.3 Å². The molecule has 190 valence electrons. The summed E-state index contributed by atoms with van der Waals surface area (Å²) in [6, 6.07) is 2.95. The molecule has 0 radical (unpaired) electrons. The predicted molar refractivity (Wildman–Crippen MR) is 132 cm³/mol. The molecule has 0 saturated heterocycles. The maximum absolute atomic E-state index is 13.6. The zero-order valence-corrected chi connectivity index (χ0v) is 20.3. The van der Waals surface area contributed by atoms with Crippen LogP contribution in [-0.2, 0) is 6.42 Å². The van der Waals surface area contributed by atoms with Crippen LogP contribution in [0.15, 0.2) is 29.2 Å². The molecular formula is C23H29F2N5O4S. The van der Waals surface area contributed by atoms with Gasteiger partial charge >= 0.3 is 0 Å². The third-order valence-electron chi connectivity index (χ3n) is 5.85. The molecule has 0 atom stereocenters. The number of aliphatic hydroxyl groups excluding tert-OH is 1. The van der Waals surface area contributed by atoms with Crippen LogP contribution in [0.4, 0.5) is 8.78 Å². The number of carbonyl (C=O) groups excluding carboxylic acids is 1. The van der Waals surface area contributed by atoms with Crippen LogP contribution in [0.2, 0.25) is 0 Å². The first kappa shape index (κ1) is 28.3. The summed E-state index contributed by atoms with van der Waals surface area (Å²) in [5.74, 6) is -2.36. The number of thioether (sulfide) groups is 1. The molecule has 3 rings (SSSR count). The minimum Gasteiger partial charge on any atom is -0.503 e. The first-order chi connectivity index (χ1) is 16.6. The second-order valence-electron chi connectivity index (χ2n) is 7.96. The van der Waals surface area contributed by atoms with Crippen molar-refractivity contribution in [2.45, 2.75) is 31.3 Å². The number of halogens is 2. The van der Waals surface area contributed by atoms with Gasteiger partial charge in [0.25, 0.3) is 0 Å². The Morgan fingerprint density at radius 1 is 1.34 bits per heavy atom. The Balaban J connectivity index is 0.000000328. The number of H-pyrrole nitrogens is 1. The topological polar surface area (TPSA) is 153 Å². The molecule has 0 amide bonds. The van der Waals surface area contributed by atoms with Crippen molar-refractivity contribution >= 4 is 28.1 Å². The van der Waals surface area contributed by atoms with Crippen molar-refractivity contribution in [2.75, 3.05) is 27.2 Å². The molecule has 0 bridgehead atoms. The highest BCUT2D eigenvalue weighted by Crippen LogP contribution is 2.33. The van der Waals surface area contributed by atoms with E-state index < -0.39 is 22.8 Å². The monoisotopic (exact) mass is 509 g/mol. The van der Waals surface area contributed by atoms with E-state index >= 15 is 0 Å². The molecule has 6 N–H and O–H groups in total. The summed E-state index contributed by atoms with van der Waals surface area (Å²) in [6.45, 7) is 1.01. The van der Waals surface area contributed by atoms with E-state index in [2.05, 4.69) is 22.2 Å². The van der Waals surface area contributed by atoms with Gasteiger partial charge in [-0.15, -0.1) is 0 Å². The van der Waals surface area contributed by atoms with Crippen LogP contribution in [0.1, 0.15) is 40.9 Å². The lowest BCUT2D eigenvalue weighted by Gasteiger charge is -2.48. The molecule has 1 aliphatic carbocycles. The standard InChI is InChI=1S/C15H11F2N3O3S.C8H18N2O/c16-8-2-1-7(10(17)4-8)3-12(18)24-15(19)9-5-20-11(6-21)14(23)13(9)22;1-9-8(4-3-5-8)10(2)6-7-11/h1-2,4-6,18-19,23H,3H2,(H,20,22);9,11H,3-7H2,1-2H3. The van der Waals surface area contributed by atoms with Crippen LogP contribution in [-0.4, -0.2) is 69.4 Å². The van der Waals surface area contributed by atoms with Crippen molar-refractivity contribution < 1.29 is 23.8 Å². The number of aromatic amines is 1. The SMILES string of the molecule is CNC1(N(C)CCO)CCC1.N=C(Cc1ccc(F)cc1F)SC(=N)c1c[nH]c(C=O)c(O)c1=O. The third-order valence-corrected chi connectivity index (χ3v) is 6.67. The summed E-state index contributed by atoms with van der Waals surface area (Å²) >= 11 is 0.584. The van der Waals surface area contributed by atoms with Crippen LogP contribution in [0.3, 0.4) is 0 Å². The highest BCUT2D eigenvalue weighted by molar-refractivity contribution is 8.26. The molecule has 0 aliphatic heterocycles. The Bertz CT molecular complexity index is 1130. The predicted octanol–water partition coefficient (Wildman–Crippen LogP) is 2.46. The van der Waals surface area contributed by atoms with Gasteiger partial charge in [-0.25, -0.2) is 8.78 Å². The summed E-state index contributed by atoms with van der Waals surface area (Å²) in [5.41, 5.74) is -1.19. The molecule has 0 spiro atoms. The summed E-state index contributed by atoms with van der Waals surface area (Å²) in [4.78, 5) is 27.1. The van der Waals surface area contributed by atoms with Crippen molar-refractivity contribution in [3.8, 4) is 5.75 Å². The van der Waals surface area contributed by atoms with E-state index in [0.29, 0.717) is 17.8 Å². The Morgan fingerprint density at radius 3 is 2.54 bits per heavy atom. The van der Waals surface area contributed by atoms with Gasteiger partial charge < -0.3 is 20.5 Å². The molecule has 1 aromatic heterocycles. The van der Waals surface area contributed by atoms with Gasteiger partial charge in [0.05, 0.1) is 22.9 Å². The fraction of sp³-hybridized carbons (Fsp3) is 0.391. The van der Waals surface area contributed by atoms with E-state index in [1.165, 1.54) is 25.3 Å². The van der Waals surface area contributed by atoms with Gasteiger partial charge in [-0.05, 0) is 45.0 Å². The highest BCUT2D eigenvalue weighted by Gasteiger charge is 2.38. The molecular weight excluding hydrogens is 480 g/mol. The van der Waals surface area contributed by atoms with Crippen LogP contribution in [0.25, 0.3) is 0 Å². The quantitative estimate of drug-likeness (QED) is 0.138. The lowest BCUT2D eigenvalue weighted by atomic mass is 9.83. The van der Waals surface area contributed by atoms with Crippen LogP contribution in [0.5, 0.6) is 5.75 Å². The van der Waals surface area contributed by atoms with E-state index in [1.54, 1.807) is 0 Å². The summed E-state index contributed by atoms with van der Waals surface area (Å²) in [6.07, 6.45) is 4.87. The number of nitrogens with one attached hydrogen (secondary N) is 4. The second-order valence-corrected chi connectivity index (χ2v) is 9.06. The molecule has 1 heterocycles. The van der Waals surface area contributed by atoms with E-state index in [1.807, 2.05) is 7.05 Å². The van der Waals surface area contributed by atoms with Gasteiger partial charge in [0, 0.05) is 25.2 Å². The highest BCUT2D eigenvalue weighted by atomic mass is 32.2. The van der Waals surface area contributed by atoms with Crippen LogP contribution >= 0.6 is 11.8 Å². The number of carbonyl (C=O) groups is 1. The minimum atomic E-state index is -0.922. The van der Waals surface area contributed by atoms with Crippen molar-refractivity contribution in [2.24, 2.45) is 0 Å². The molecule has 9 nitrogen and oxygen atoms in total. The number of aldehydes is 1. The van der Waals surface area contributed by atoms with E-state index in [0.717, 1.165) is 18.8 Å².